The number of hydrogen-bond acceptors (Lipinski definition) is 8. The first-order valence-corrected chi connectivity index (χ1v) is 36.8. The lowest BCUT2D eigenvalue weighted by Crippen LogP contribution is -2.60. The molecule has 0 aromatic rings. The molecule has 0 bridgehead atoms. The second-order valence-electron chi connectivity index (χ2n) is 25.0. The van der Waals surface area contributed by atoms with Gasteiger partial charge in [-0.25, -0.2) is 0 Å². The van der Waals surface area contributed by atoms with E-state index in [1.807, 2.05) is 6.08 Å². The Balaban J connectivity index is 2.15. The minimum atomic E-state index is -1.58. The first-order valence-electron chi connectivity index (χ1n) is 36.8. The predicted octanol–water partition coefficient (Wildman–Crippen LogP) is 20.6. The molecule has 1 fully saturated rings. The molecule has 7 atom stereocenters. The SMILES string of the molecule is CC/C=C\C/C=C\C/C=C\C/C=C\C/C=C\C/C=C\C/C=C\C/C=C\C/C=C\CCCCCCCCCCCC(=O)NC(COC1OC(CO)C(O)C(O)C1O)C(O)/C=C/CCCCCCCCCCCCCCCCCCCCCCCCCCCC. The molecule has 9 nitrogen and oxygen atoms in total. The molecule has 88 heavy (non-hydrogen) atoms. The van der Waals surface area contributed by atoms with Crippen molar-refractivity contribution in [3.63, 3.8) is 0 Å². The molecule has 1 rings (SSSR count). The maximum Gasteiger partial charge on any atom is 0.220 e. The van der Waals surface area contributed by atoms with E-state index in [1.165, 1.54) is 186 Å². The number of allylic oxidation sites excluding steroid dienone is 19. The molecule has 0 aromatic carbocycles. The van der Waals surface area contributed by atoms with Gasteiger partial charge in [-0.3, -0.25) is 4.79 Å². The van der Waals surface area contributed by atoms with Gasteiger partial charge < -0.3 is 40.3 Å². The molecule has 506 valence electrons. The van der Waals surface area contributed by atoms with Crippen molar-refractivity contribution < 1.29 is 39.8 Å². The van der Waals surface area contributed by atoms with Gasteiger partial charge in [0.25, 0.3) is 0 Å². The molecule has 1 saturated heterocycles. The zero-order valence-electron chi connectivity index (χ0n) is 56.7. The zero-order chi connectivity index (χ0) is 63.5. The summed E-state index contributed by atoms with van der Waals surface area (Å²) < 4.78 is 11.3. The monoisotopic (exact) mass is 1230 g/mol. The quantitative estimate of drug-likeness (QED) is 0.0261. The topological polar surface area (TPSA) is 149 Å². The van der Waals surface area contributed by atoms with Crippen LogP contribution in [0.4, 0.5) is 0 Å². The van der Waals surface area contributed by atoms with Gasteiger partial charge in [-0.15, -0.1) is 0 Å². The molecule has 0 radical (unpaired) electrons. The van der Waals surface area contributed by atoms with Gasteiger partial charge in [0.15, 0.2) is 6.29 Å². The largest absolute Gasteiger partial charge is 0.394 e. The Bertz CT molecular complexity index is 1810. The second kappa shape index (κ2) is 66.5. The number of aliphatic hydroxyl groups excluding tert-OH is 5. The Morgan fingerprint density at radius 3 is 1.05 bits per heavy atom. The number of amides is 1. The third kappa shape index (κ3) is 54.3. The standard InChI is InChI=1S/C79H137NO8/c1-3-5-7-9-11-13-15-17-19-21-23-25-27-29-31-33-34-35-36-37-38-39-40-41-43-45-47-49-51-53-55-57-59-61-63-65-67-69-75(83)80-72(71-87-79-78(86)77(85)76(84)74(70-81)88-79)73(82)68-66-64-62-60-58-56-54-52-50-48-46-44-42-32-30-28-26-24-22-20-18-16-14-12-10-8-6-4-2/h5,7,11,13,17,19,23,25,29,31,34-35,37-38,40-41,45,47,66,68,72-74,76-79,81-82,84-86H,3-4,6,8-10,12,14-16,18,20-22,24,26-28,30,32-33,36,39,42-44,46,48-65,67,69-71H2,1-2H3,(H,80,83)/b7-5-,13-11-,19-17-,25-23-,31-29-,35-34-,38-37-,41-40-,47-45-,68-66+. The van der Waals surface area contributed by atoms with Gasteiger partial charge in [0.05, 0.1) is 25.4 Å². The van der Waals surface area contributed by atoms with Crippen molar-refractivity contribution >= 4 is 5.91 Å². The van der Waals surface area contributed by atoms with Crippen LogP contribution < -0.4 is 5.32 Å². The summed E-state index contributed by atoms with van der Waals surface area (Å²) in [5, 5.41) is 54.8. The fourth-order valence-corrected chi connectivity index (χ4v) is 11.1. The van der Waals surface area contributed by atoms with Crippen molar-refractivity contribution in [3.8, 4) is 0 Å². The molecule has 0 saturated carbocycles. The molecule has 1 aliphatic rings. The fraction of sp³-hybridized carbons (Fsp3) is 0.734. The number of aliphatic hydroxyl groups is 5. The van der Waals surface area contributed by atoms with Crippen molar-refractivity contribution in [3.05, 3.63) is 122 Å². The summed E-state index contributed by atoms with van der Waals surface area (Å²) in [6.07, 6.45) is 93.0. The van der Waals surface area contributed by atoms with Crippen LogP contribution in [0.3, 0.4) is 0 Å². The maximum atomic E-state index is 13.1. The molecular weight excluding hydrogens is 1090 g/mol. The van der Waals surface area contributed by atoms with Gasteiger partial charge in [-0.1, -0.05) is 341 Å². The lowest BCUT2D eigenvalue weighted by atomic mass is 9.99. The average molecular weight is 1230 g/mol. The first-order chi connectivity index (χ1) is 43.3. The predicted molar refractivity (Wildman–Crippen MR) is 377 cm³/mol. The Labute approximate surface area is 541 Å². The number of carbonyl (C=O) groups excluding carboxylic acids is 1. The van der Waals surface area contributed by atoms with Crippen LogP contribution in [0, 0.1) is 0 Å². The van der Waals surface area contributed by atoms with Crippen LogP contribution in [-0.4, -0.2) is 87.5 Å². The highest BCUT2D eigenvalue weighted by Crippen LogP contribution is 2.23. The normalized spacial score (nSPS) is 18.6. The van der Waals surface area contributed by atoms with E-state index in [2.05, 4.69) is 129 Å². The highest BCUT2D eigenvalue weighted by atomic mass is 16.7. The molecule has 1 aliphatic heterocycles. The van der Waals surface area contributed by atoms with Crippen molar-refractivity contribution in [2.75, 3.05) is 13.2 Å². The third-order valence-electron chi connectivity index (χ3n) is 16.8. The van der Waals surface area contributed by atoms with Gasteiger partial charge in [0.1, 0.15) is 24.4 Å². The maximum absolute atomic E-state index is 13.1. The van der Waals surface area contributed by atoms with Gasteiger partial charge in [-0.2, -0.15) is 0 Å². The smallest absolute Gasteiger partial charge is 0.220 e. The van der Waals surface area contributed by atoms with Crippen LogP contribution in [0.5, 0.6) is 0 Å². The van der Waals surface area contributed by atoms with Gasteiger partial charge in [0, 0.05) is 6.42 Å². The zero-order valence-corrected chi connectivity index (χ0v) is 56.7. The third-order valence-corrected chi connectivity index (χ3v) is 16.8. The van der Waals surface area contributed by atoms with E-state index in [-0.39, 0.29) is 12.5 Å². The van der Waals surface area contributed by atoms with E-state index in [0.29, 0.717) is 6.42 Å². The molecule has 6 N–H and O–H groups in total. The number of rotatable bonds is 63. The fourth-order valence-electron chi connectivity index (χ4n) is 11.1. The summed E-state index contributed by atoms with van der Waals surface area (Å²) in [7, 11) is 0. The van der Waals surface area contributed by atoms with Crippen molar-refractivity contribution in [2.24, 2.45) is 0 Å². The summed E-state index contributed by atoms with van der Waals surface area (Å²) in [6.45, 7) is 3.69. The van der Waals surface area contributed by atoms with E-state index in [1.54, 1.807) is 6.08 Å². The number of carbonyl (C=O) groups is 1. The number of hydrogen-bond donors (Lipinski definition) is 6. The lowest BCUT2D eigenvalue weighted by Gasteiger charge is -2.40. The first kappa shape index (κ1) is 82.6. The van der Waals surface area contributed by atoms with Crippen molar-refractivity contribution in [2.45, 2.75) is 358 Å². The van der Waals surface area contributed by atoms with Crippen LogP contribution in [-0.2, 0) is 14.3 Å². The van der Waals surface area contributed by atoms with Crippen LogP contribution in [0.2, 0.25) is 0 Å². The minimum absolute atomic E-state index is 0.184. The van der Waals surface area contributed by atoms with E-state index in [4.69, 9.17) is 9.47 Å². The van der Waals surface area contributed by atoms with E-state index in [9.17, 15) is 30.3 Å². The molecule has 0 aromatic heterocycles. The molecule has 9 heteroatoms. The van der Waals surface area contributed by atoms with Gasteiger partial charge in [0.2, 0.25) is 5.91 Å². The highest BCUT2D eigenvalue weighted by Gasteiger charge is 2.44. The number of unbranched alkanes of at least 4 members (excludes halogenated alkanes) is 35. The second-order valence-corrected chi connectivity index (χ2v) is 25.0. The van der Waals surface area contributed by atoms with Crippen LogP contribution in [0.1, 0.15) is 316 Å². The van der Waals surface area contributed by atoms with E-state index < -0.39 is 49.5 Å². The number of nitrogens with one attached hydrogen (secondary N) is 1. The molecule has 0 spiro atoms. The molecular formula is C79H137NO8. The molecule has 0 aliphatic carbocycles. The summed E-state index contributed by atoms with van der Waals surface area (Å²) >= 11 is 0. The Morgan fingerprint density at radius 2 is 0.705 bits per heavy atom. The Hall–Kier alpha value is -3.41. The average Bonchev–Trinajstić information content (AvgIpc) is 3.29. The van der Waals surface area contributed by atoms with Crippen LogP contribution >= 0.6 is 0 Å². The minimum Gasteiger partial charge on any atom is -0.394 e. The van der Waals surface area contributed by atoms with Gasteiger partial charge >= 0.3 is 0 Å². The van der Waals surface area contributed by atoms with Crippen LogP contribution in [0.25, 0.3) is 0 Å². The number of ether oxygens (including phenoxy) is 2. The van der Waals surface area contributed by atoms with E-state index in [0.717, 1.165) is 109 Å². The van der Waals surface area contributed by atoms with Crippen LogP contribution in [0.15, 0.2) is 122 Å². The lowest BCUT2D eigenvalue weighted by molar-refractivity contribution is -0.302. The van der Waals surface area contributed by atoms with Crippen molar-refractivity contribution in [1.29, 1.82) is 0 Å². The van der Waals surface area contributed by atoms with Gasteiger partial charge in [-0.05, 0) is 89.9 Å². The van der Waals surface area contributed by atoms with E-state index >= 15 is 0 Å². The molecule has 7 unspecified atom stereocenters. The molecule has 1 amide bonds. The highest BCUT2D eigenvalue weighted by molar-refractivity contribution is 5.76. The Kier molecular flexibility index (Phi) is 62.4. The summed E-state index contributed by atoms with van der Waals surface area (Å²) in [5.41, 5.74) is 0. The summed E-state index contributed by atoms with van der Waals surface area (Å²) in [5.74, 6) is -0.184. The van der Waals surface area contributed by atoms with Crippen molar-refractivity contribution in [1.82, 2.24) is 5.32 Å². The molecule has 1 heterocycles. The summed E-state index contributed by atoms with van der Waals surface area (Å²) in [4.78, 5) is 13.1. The summed E-state index contributed by atoms with van der Waals surface area (Å²) in [6, 6.07) is -0.819. The Morgan fingerprint density at radius 1 is 0.398 bits per heavy atom.